The average Bonchev–Trinajstić information content (AvgIpc) is 3.01. The van der Waals surface area contributed by atoms with Gasteiger partial charge in [-0.2, -0.15) is 4.99 Å². The number of rotatable bonds is 7. The number of aromatic nitrogens is 1. The van der Waals surface area contributed by atoms with Crippen LogP contribution in [0.2, 0.25) is 0 Å². The van der Waals surface area contributed by atoms with Crippen LogP contribution in [0.25, 0.3) is 10.2 Å². The van der Waals surface area contributed by atoms with Crippen molar-refractivity contribution in [3.8, 4) is 0 Å². The third kappa shape index (κ3) is 5.99. The molecule has 2 aromatic rings. The van der Waals surface area contributed by atoms with Gasteiger partial charge in [-0.15, -0.1) is 0 Å². The van der Waals surface area contributed by atoms with Gasteiger partial charge in [0.05, 0.1) is 16.8 Å². The Balaban J connectivity index is 1.79. The smallest absolute Gasteiger partial charge is 0.263 e. The van der Waals surface area contributed by atoms with Crippen molar-refractivity contribution in [2.24, 2.45) is 4.99 Å². The number of nitrogens with zero attached hydrogens (tertiary/aromatic N) is 3. The molecular formula is C19H24BrN3O5S2. The molecule has 3 rings (SSSR count). The van der Waals surface area contributed by atoms with E-state index in [1.165, 1.54) is 11.3 Å². The first-order valence-electron chi connectivity index (χ1n) is 9.62. The maximum atomic E-state index is 12.4. The number of amides is 2. The molecule has 30 heavy (non-hydrogen) atoms. The Bertz CT molecular complexity index is 1100. The fraction of sp³-hybridized carbons (Fsp3) is 0.526. The molecule has 1 aliphatic rings. The zero-order chi connectivity index (χ0) is 21.7. The number of halogens is 1. The predicted octanol–water partition coefficient (Wildman–Crippen LogP) is 1.97. The second-order valence-electron chi connectivity index (χ2n) is 7.12. The lowest BCUT2D eigenvalue weighted by Gasteiger charge is -2.26. The molecular weight excluding hydrogens is 494 g/mol. The monoisotopic (exact) mass is 517 g/mol. The van der Waals surface area contributed by atoms with Gasteiger partial charge in [-0.3, -0.25) is 9.59 Å². The molecule has 0 N–H and O–H groups in total. The summed E-state index contributed by atoms with van der Waals surface area (Å²) in [6.45, 7) is 2.05. The third-order valence-corrected chi connectivity index (χ3v) is 7.69. The van der Waals surface area contributed by atoms with E-state index >= 15 is 0 Å². The van der Waals surface area contributed by atoms with Crippen LogP contribution in [-0.4, -0.2) is 68.0 Å². The van der Waals surface area contributed by atoms with Gasteiger partial charge in [0.15, 0.2) is 14.6 Å². The molecule has 2 amide bonds. The van der Waals surface area contributed by atoms with Crippen LogP contribution in [0, 0.1) is 0 Å². The zero-order valence-electron chi connectivity index (χ0n) is 16.7. The lowest BCUT2D eigenvalue weighted by molar-refractivity contribution is -0.129. The number of benzene rings is 1. The minimum atomic E-state index is -3.89. The first-order valence-corrected chi connectivity index (χ1v) is 13.1. The summed E-state index contributed by atoms with van der Waals surface area (Å²) in [4.78, 5) is 30.7. The molecule has 0 radical (unpaired) electrons. The standard InChI is InChI=1S/C19H24BrN3O5S2/c1-28-10-9-23-15-6-5-14(20)11-16(15)29-19(23)21-17(24)12-30(26,27)13-18(25)22-7-3-2-4-8-22/h5-6,11H,2-4,7-10,12-13H2,1H3. The van der Waals surface area contributed by atoms with E-state index in [2.05, 4.69) is 20.9 Å². The van der Waals surface area contributed by atoms with Crippen LogP contribution in [0.3, 0.4) is 0 Å². The summed E-state index contributed by atoms with van der Waals surface area (Å²) < 4.78 is 33.6. The van der Waals surface area contributed by atoms with E-state index in [0.717, 1.165) is 34.0 Å². The fourth-order valence-electron chi connectivity index (χ4n) is 3.33. The van der Waals surface area contributed by atoms with Gasteiger partial charge in [0.1, 0.15) is 11.5 Å². The normalized spacial score (nSPS) is 15.7. The molecule has 0 aliphatic carbocycles. The van der Waals surface area contributed by atoms with Gasteiger partial charge < -0.3 is 14.2 Å². The lowest BCUT2D eigenvalue weighted by Crippen LogP contribution is -2.40. The van der Waals surface area contributed by atoms with E-state index in [4.69, 9.17) is 4.74 Å². The number of sulfone groups is 1. The number of thiazole rings is 1. The number of piperidine rings is 1. The van der Waals surface area contributed by atoms with E-state index in [1.807, 2.05) is 22.8 Å². The van der Waals surface area contributed by atoms with Crippen molar-refractivity contribution < 1.29 is 22.7 Å². The number of hydrogen-bond donors (Lipinski definition) is 0. The first-order chi connectivity index (χ1) is 14.3. The first kappa shape index (κ1) is 23.1. The van der Waals surface area contributed by atoms with Crippen LogP contribution in [0.5, 0.6) is 0 Å². The summed E-state index contributed by atoms with van der Waals surface area (Å²) >= 11 is 4.72. The SMILES string of the molecule is COCCn1c(=NC(=O)CS(=O)(=O)CC(=O)N2CCCCC2)sc2cc(Br)ccc21. The maximum Gasteiger partial charge on any atom is 0.263 e. The number of hydrogen-bond acceptors (Lipinski definition) is 6. The van der Waals surface area contributed by atoms with Crippen LogP contribution in [-0.2, 0) is 30.7 Å². The van der Waals surface area contributed by atoms with Crippen LogP contribution in [0.15, 0.2) is 27.7 Å². The van der Waals surface area contributed by atoms with Crippen molar-refractivity contribution in [2.45, 2.75) is 25.8 Å². The van der Waals surface area contributed by atoms with Gasteiger partial charge in [-0.1, -0.05) is 27.3 Å². The molecule has 0 unspecified atom stereocenters. The number of methoxy groups -OCH3 is 1. The lowest BCUT2D eigenvalue weighted by atomic mass is 10.1. The summed E-state index contributed by atoms with van der Waals surface area (Å²) in [5, 5.41) is 0. The van der Waals surface area contributed by atoms with Crippen molar-refractivity contribution in [3.63, 3.8) is 0 Å². The molecule has 1 fully saturated rings. The number of fused-ring (bicyclic) bond motifs is 1. The summed E-state index contributed by atoms with van der Waals surface area (Å²) in [7, 11) is -2.30. The number of ether oxygens (including phenoxy) is 1. The van der Waals surface area contributed by atoms with Crippen LogP contribution in [0.4, 0.5) is 0 Å². The molecule has 8 nitrogen and oxygen atoms in total. The summed E-state index contributed by atoms with van der Waals surface area (Å²) in [5.74, 6) is -2.66. The summed E-state index contributed by atoms with van der Waals surface area (Å²) in [6.07, 6.45) is 2.80. The molecule has 1 saturated heterocycles. The Kier molecular flexibility index (Phi) is 7.83. The second-order valence-corrected chi connectivity index (χ2v) is 11.1. The Hall–Kier alpha value is -1.56. The van der Waals surface area contributed by atoms with Crippen molar-refractivity contribution in [1.29, 1.82) is 0 Å². The van der Waals surface area contributed by atoms with Gasteiger partial charge in [-0.05, 0) is 37.5 Å². The second kappa shape index (κ2) is 10.2. The van der Waals surface area contributed by atoms with E-state index in [0.29, 0.717) is 31.0 Å². The van der Waals surface area contributed by atoms with E-state index in [-0.39, 0.29) is 0 Å². The molecule has 1 aromatic carbocycles. The molecule has 11 heteroatoms. The number of carbonyl (C=O) groups excluding carboxylic acids is 2. The van der Waals surface area contributed by atoms with E-state index < -0.39 is 33.2 Å². The highest BCUT2D eigenvalue weighted by Crippen LogP contribution is 2.22. The Labute approximate surface area is 187 Å². The van der Waals surface area contributed by atoms with Crippen molar-refractivity contribution in [3.05, 3.63) is 27.5 Å². The predicted molar refractivity (Wildman–Crippen MR) is 119 cm³/mol. The Morgan fingerprint density at radius 2 is 1.93 bits per heavy atom. The quantitative estimate of drug-likeness (QED) is 0.559. The minimum absolute atomic E-state index is 0.405. The Morgan fingerprint density at radius 3 is 2.63 bits per heavy atom. The van der Waals surface area contributed by atoms with Crippen LogP contribution in [0.1, 0.15) is 19.3 Å². The number of likely N-dealkylation sites (tertiary alicyclic amines) is 1. The fourth-order valence-corrected chi connectivity index (χ4v) is 6.06. The zero-order valence-corrected chi connectivity index (χ0v) is 19.9. The molecule has 1 aromatic heterocycles. The molecule has 1 aliphatic heterocycles. The van der Waals surface area contributed by atoms with E-state index in [9.17, 15) is 18.0 Å². The topological polar surface area (TPSA) is 98.0 Å². The number of carbonyl (C=O) groups is 2. The highest BCUT2D eigenvalue weighted by molar-refractivity contribution is 9.10. The minimum Gasteiger partial charge on any atom is -0.383 e. The van der Waals surface area contributed by atoms with Crippen LogP contribution >= 0.6 is 27.3 Å². The van der Waals surface area contributed by atoms with Crippen molar-refractivity contribution >= 4 is 59.1 Å². The molecule has 0 atom stereocenters. The third-order valence-electron chi connectivity index (χ3n) is 4.78. The van der Waals surface area contributed by atoms with Gasteiger partial charge in [0, 0.05) is 31.2 Å². The summed E-state index contributed by atoms with van der Waals surface area (Å²) in [5.41, 5.74) is 0.884. The van der Waals surface area contributed by atoms with Gasteiger partial charge >= 0.3 is 0 Å². The largest absolute Gasteiger partial charge is 0.383 e. The van der Waals surface area contributed by atoms with Crippen molar-refractivity contribution in [1.82, 2.24) is 9.47 Å². The molecule has 0 saturated carbocycles. The maximum absolute atomic E-state index is 12.4. The molecule has 2 heterocycles. The van der Waals surface area contributed by atoms with Gasteiger partial charge in [0.25, 0.3) is 5.91 Å². The highest BCUT2D eigenvalue weighted by Gasteiger charge is 2.25. The van der Waals surface area contributed by atoms with Gasteiger partial charge in [-0.25, -0.2) is 8.42 Å². The summed E-state index contributed by atoms with van der Waals surface area (Å²) in [6, 6.07) is 5.71. The molecule has 0 spiro atoms. The highest BCUT2D eigenvalue weighted by atomic mass is 79.9. The Morgan fingerprint density at radius 1 is 1.20 bits per heavy atom. The van der Waals surface area contributed by atoms with Crippen LogP contribution < -0.4 is 4.80 Å². The van der Waals surface area contributed by atoms with E-state index in [1.54, 1.807) is 12.0 Å². The van der Waals surface area contributed by atoms with Gasteiger partial charge in [0.2, 0.25) is 5.91 Å². The van der Waals surface area contributed by atoms with Crippen molar-refractivity contribution in [2.75, 3.05) is 38.3 Å². The average molecular weight is 518 g/mol. The molecule has 164 valence electrons. The molecule has 0 bridgehead atoms.